The monoisotopic (exact) mass is 346 g/mol. The van der Waals surface area contributed by atoms with E-state index in [0.29, 0.717) is 57.7 Å². The van der Waals surface area contributed by atoms with Crippen LogP contribution >= 0.6 is 0 Å². The van der Waals surface area contributed by atoms with Crippen molar-refractivity contribution in [3.63, 3.8) is 0 Å². The lowest BCUT2D eigenvalue weighted by atomic mass is 10.2. The smallest absolute Gasteiger partial charge is 0.251 e. The van der Waals surface area contributed by atoms with Crippen LogP contribution in [0, 0.1) is 0 Å². The molecule has 25 heavy (non-hydrogen) atoms. The number of hydrogen-bond acceptors (Lipinski definition) is 4. The number of piperazine rings is 1. The van der Waals surface area contributed by atoms with E-state index in [2.05, 4.69) is 10.6 Å². The van der Waals surface area contributed by atoms with Gasteiger partial charge in [0.25, 0.3) is 5.91 Å². The molecule has 0 spiro atoms. The number of nitrogens with zero attached hydrogens (tertiary/aromatic N) is 2. The molecule has 0 aliphatic carbocycles. The van der Waals surface area contributed by atoms with Gasteiger partial charge in [-0.25, -0.2) is 0 Å². The van der Waals surface area contributed by atoms with Gasteiger partial charge in [-0.1, -0.05) is 18.2 Å². The second kappa shape index (κ2) is 9.78. The summed E-state index contributed by atoms with van der Waals surface area (Å²) in [6.45, 7) is 3.58. The Morgan fingerprint density at radius 2 is 1.72 bits per heavy atom. The molecule has 1 fully saturated rings. The van der Waals surface area contributed by atoms with Gasteiger partial charge in [-0.15, -0.1) is 0 Å². The van der Waals surface area contributed by atoms with Crippen LogP contribution in [0.5, 0.6) is 0 Å². The number of carbonyl (C=O) groups is 3. The Bertz CT molecular complexity index is 583. The number of likely N-dealkylation sites (N-methyl/N-ethyl adjacent to an activating group) is 1. The number of rotatable bonds is 7. The summed E-state index contributed by atoms with van der Waals surface area (Å²) in [7, 11) is 1.62. The average molecular weight is 346 g/mol. The number of benzene rings is 1. The van der Waals surface area contributed by atoms with Crippen molar-refractivity contribution in [1.82, 2.24) is 20.4 Å². The van der Waals surface area contributed by atoms with Gasteiger partial charge in [-0.05, 0) is 18.6 Å². The summed E-state index contributed by atoms with van der Waals surface area (Å²) in [5, 5.41) is 5.44. The third-order valence-corrected chi connectivity index (χ3v) is 4.26. The van der Waals surface area contributed by atoms with Crippen molar-refractivity contribution in [3.05, 3.63) is 35.9 Å². The molecule has 0 unspecified atom stereocenters. The van der Waals surface area contributed by atoms with Crippen molar-refractivity contribution in [2.75, 3.05) is 46.3 Å². The third-order valence-electron chi connectivity index (χ3n) is 4.26. The zero-order valence-corrected chi connectivity index (χ0v) is 14.7. The molecule has 136 valence electrons. The Morgan fingerprint density at radius 1 is 1.04 bits per heavy atom. The first kappa shape index (κ1) is 18.9. The molecule has 1 aromatic rings. The molecule has 1 aromatic carbocycles. The van der Waals surface area contributed by atoms with Crippen LogP contribution in [0.15, 0.2) is 30.3 Å². The molecule has 0 bridgehead atoms. The summed E-state index contributed by atoms with van der Waals surface area (Å²) in [6.07, 6.45) is 1.04. The lowest BCUT2D eigenvalue weighted by Gasteiger charge is -2.34. The fourth-order valence-corrected chi connectivity index (χ4v) is 2.73. The molecule has 2 rings (SSSR count). The predicted octanol–water partition coefficient (Wildman–Crippen LogP) is 0.0868. The maximum Gasteiger partial charge on any atom is 0.251 e. The molecule has 2 N–H and O–H groups in total. The Kier molecular flexibility index (Phi) is 7.40. The van der Waals surface area contributed by atoms with Crippen LogP contribution in [-0.2, 0) is 9.59 Å². The predicted molar refractivity (Wildman–Crippen MR) is 95.1 cm³/mol. The minimum Gasteiger partial charge on any atom is -0.358 e. The third kappa shape index (κ3) is 6.19. The topological polar surface area (TPSA) is 81.8 Å². The summed E-state index contributed by atoms with van der Waals surface area (Å²) in [5.41, 5.74) is 0.626. The van der Waals surface area contributed by atoms with Gasteiger partial charge in [0.2, 0.25) is 11.8 Å². The van der Waals surface area contributed by atoms with E-state index in [0.717, 1.165) is 0 Å². The zero-order valence-electron chi connectivity index (χ0n) is 14.7. The van der Waals surface area contributed by atoms with E-state index in [9.17, 15) is 14.4 Å². The maximum atomic E-state index is 12.2. The first-order valence-electron chi connectivity index (χ1n) is 8.64. The summed E-state index contributed by atoms with van der Waals surface area (Å²) >= 11 is 0. The van der Waals surface area contributed by atoms with Crippen LogP contribution in [0.1, 0.15) is 23.2 Å². The summed E-state index contributed by atoms with van der Waals surface area (Å²) in [5.74, 6) is -0.0154. The van der Waals surface area contributed by atoms with Gasteiger partial charge in [0.15, 0.2) is 0 Å². The quantitative estimate of drug-likeness (QED) is 0.686. The van der Waals surface area contributed by atoms with E-state index in [4.69, 9.17) is 0 Å². The zero-order chi connectivity index (χ0) is 18.1. The lowest BCUT2D eigenvalue weighted by molar-refractivity contribution is -0.133. The number of hydrogen-bond donors (Lipinski definition) is 2. The highest BCUT2D eigenvalue weighted by molar-refractivity contribution is 5.94. The molecule has 7 heteroatoms. The molecule has 0 saturated carbocycles. The normalized spacial score (nSPS) is 14.8. The van der Waals surface area contributed by atoms with Crippen molar-refractivity contribution < 1.29 is 14.4 Å². The van der Waals surface area contributed by atoms with Crippen LogP contribution in [0.3, 0.4) is 0 Å². The van der Waals surface area contributed by atoms with Crippen LogP contribution in [-0.4, -0.2) is 73.8 Å². The maximum absolute atomic E-state index is 12.2. The fourth-order valence-electron chi connectivity index (χ4n) is 2.73. The van der Waals surface area contributed by atoms with Gasteiger partial charge in [0, 0.05) is 51.8 Å². The molecule has 7 nitrogen and oxygen atoms in total. The van der Waals surface area contributed by atoms with E-state index < -0.39 is 0 Å². The van der Waals surface area contributed by atoms with E-state index in [1.54, 1.807) is 19.2 Å². The summed E-state index contributed by atoms with van der Waals surface area (Å²) in [6, 6.07) is 9.03. The van der Waals surface area contributed by atoms with Crippen molar-refractivity contribution >= 4 is 17.7 Å². The second-order valence-electron chi connectivity index (χ2n) is 6.06. The van der Waals surface area contributed by atoms with Gasteiger partial charge in [-0.3, -0.25) is 19.3 Å². The van der Waals surface area contributed by atoms with Crippen molar-refractivity contribution in [2.24, 2.45) is 0 Å². The van der Waals surface area contributed by atoms with Crippen LogP contribution in [0.25, 0.3) is 0 Å². The Hall–Kier alpha value is -2.41. The van der Waals surface area contributed by atoms with E-state index in [-0.39, 0.29) is 17.7 Å². The van der Waals surface area contributed by atoms with Gasteiger partial charge >= 0.3 is 0 Å². The SMILES string of the molecule is CNC(=O)CN1CCN(C(=O)CCCNC(=O)c2ccccc2)CC1. The Morgan fingerprint density at radius 3 is 2.36 bits per heavy atom. The number of amides is 3. The standard InChI is InChI=1S/C18H26N4O3/c1-19-16(23)14-21-10-12-22(13-11-21)17(24)8-5-9-20-18(25)15-6-3-2-4-7-15/h2-4,6-7H,5,8-14H2,1H3,(H,19,23)(H,20,25). The van der Waals surface area contributed by atoms with Crippen LogP contribution in [0.4, 0.5) is 0 Å². The van der Waals surface area contributed by atoms with Crippen LogP contribution in [0.2, 0.25) is 0 Å². The van der Waals surface area contributed by atoms with Gasteiger partial charge in [0.1, 0.15) is 0 Å². The fraction of sp³-hybridized carbons (Fsp3) is 0.500. The number of nitrogens with one attached hydrogen (secondary N) is 2. The highest BCUT2D eigenvalue weighted by Gasteiger charge is 2.21. The molecule has 1 aliphatic heterocycles. The molecule has 0 aromatic heterocycles. The Labute approximate surface area is 148 Å². The molecular formula is C18H26N4O3. The van der Waals surface area contributed by atoms with E-state index in [1.165, 1.54) is 0 Å². The lowest BCUT2D eigenvalue weighted by Crippen LogP contribution is -2.50. The molecule has 1 saturated heterocycles. The van der Waals surface area contributed by atoms with Crippen molar-refractivity contribution in [1.29, 1.82) is 0 Å². The second-order valence-corrected chi connectivity index (χ2v) is 6.06. The van der Waals surface area contributed by atoms with Crippen LogP contribution < -0.4 is 10.6 Å². The summed E-state index contributed by atoms with van der Waals surface area (Å²) < 4.78 is 0. The average Bonchev–Trinajstić information content (AvgIpc) is 2.66. The molecule has 0 radical (unpaired) electrons. The summed E-state index contributed by atoms with van der Waals surface area (Å²) in [4.78, 5) is 39.3. The molecule has 0 atom stereocenters. The molecule has 1 aliphatic rings. The largest absolute Gasteiger partial charge is 0.358 e. The molecular weight excluding hydrogens is 320 g/mol. The minimum atomic E-state index is -0.115. The highest BCUT2D eigenvalue weighted by Crippen LogP contribution is 2.05. The van der Waals surface area contributed by atoms with Crippen molar-refractivity contribution in [2.45, 2.75) is 12.8 Å². The van der Waals surface area contributed by atoms with Gasteiger partial charge < -0.3 is 15.5 Å². The molecule has 3 amide bonds. The molecule has 1 heterocycles. The van der Waals surface area contributed by atoms with E-state index >= 15 is 0 Å². The number of carbonyl (C=O) groups excluding carboxylic acids is 3. The Balaban J connectivity index is 1.61. The van der Waals surface area contributed by atoms with Crippen molar-refractivity contribution in [3.8, 4) is 0 Å². The first-order chi connectivity index (χ1) is 12.1. The van der Waals surface area contributed by atoms with Gasteiger partial charge in [0.05, 0.1) is 6.54 Å². The highest BCUT2D eigenvalue weighted by atomic mass is 16.2. The minimum absolute atomic E-state index is 0.00562. The van der Waals surface area contributed by atoms with E-state index in [1.807, 2.05) is 28.0 Å². The van der Waals surface area contributed by atoms with Gasteiger partial charge in [-0.2, -0.15) is 0 Å². The first-order valence-corrected chi connectivity index (χ1v) is 8.64.